The maximum atomic E-state index is 11.4. The summed E-state index contributed by atoms with van der Waals surface area (Å²) < 4.78 is 29.1. The molecule has 0 aromatic heterocycles. The maximum Gasteiger partial charge on any atom is 0.471 e. The lowest BCUT2D eigenvalue weighted by molar-refractivity contribution is -0.251. The number of nitrogens with zero attached hydrogens (tertiary/aromatic N) is 1. The van der Waals surface area contributed by atoms with Crippen LogP contribution in [0, 0.1) is 0 Å². The summed E-state index contributed by atoms with van der Waals surface area (Å²) in [5, 5.41) is 0. The molecule has 17 heavy (non-hydrogen) atoms. The average Bonchev–Trinajstić information content (AvgIpc) is 2.23. The zero-order valence-corrected chi connectivity index (χ0v) is 9.93. The first-order chi connectivity index (χ1) is 7.82. The van der Waals surface area contributed by atoms with Crippen molar-refractivity contribution in [2.45, 2.75) is 18.9 Å². The fourth-order valence-electron chi connectivity index (χ4n) is 1.10. The Morgan fingerprint density at radius 1 is 1.18 bits per heavy atom. The highest BCUT2D eigenvalue weighted by Gasteiger charge is 2.30. The fourth-order valence-corrected chi connectivity index (χ4v) is 1.44. The Balaban J connectivity index is 2.82. The summed E-state index contributed by atoms with van der Waals surface area (Å²) in [5.41, 5.74) is 0. The van der Waals surface area contributed by atoms with E-state index in [4.69, 9.17) is 0 Å². The molecule has 0 aromatic carbocycles. The first-order valence-electron chi connectivity index (χ1n) is 4.52. The molecule has 1 aliphatic heterocycles. The SMILES string of the molecule is CN(C)C1CCC(=O)OOS(=O)(=O)OOC1=O. The second kappa shape index (κ2) is 5.40. The molecule has 1 rings (SSSR count). The first-order valence-corrected chi connectivity index (χ1v) is 5.85. The third kappa shape index (κ3) is 4.26. The average molecular weight is 269 g/mol. The van der Waals surface area contributed by atoms with Gasteiger partial charge in [0.15, 0.2) is 0 Å². The van der Waals surface area contributed by atoms with Crippen molar-refractivity contribution in [1.82, 2.24) is 4.90 Å². The van der Waals surface area contributed by atoms with E-state index in [2.05, 4.69) is 18.4 Å². The minimum atomic E-state index is -4.70. The van der Waals surface area contributed by atoms with Crippen molar-refractivity contribution < 1.29 is 36.4 Å². The van der Waals surface area contributed by atoms with Crippen LogP contribution in [0.2, 0.25) is 0 Å². The fraction of sp³-hybridized carbons (Fsp3) is 0.714. The van der Waals surface area contributed by atoms with Gasteiger partial charge in [-0.25, -0.2) is 9.59 Å². The predicted octanol–water partition coefficient (Wildman–Crippen LogP) is -1.10. The lowest BCUT2D eigenvalue weighted by Crippen LogP contribution is -2.38. The van der Waals surface area contributed by atoms with Crippen molar-refractivity contribution in [3.05, 3.63) is 0 Å². The smallest absolute Gasteiger partial charge is 0.297 e. The van der Waals surface area contributed by atoms with Crippen LogP contribution >= 0.6 is 0 Å². The monoisotopic (exact) mass is 269 g/mol. The van der Waals surface area contributed by atoms with Crippen molar-refractivity contribution >= 4 is 22.3 Å². The number of likely N-dealkylation sites (N-methyl/N-ethyl adjacent to an activating group) is 1. The third-order valence-electron chi connectivity index (χ3n) is 1.93. The maximum absolute atomic E-state index is 11.4. The zero-order valence-electron chi connectivity index (χ0n) is 9.11. The summed E-state index contributed by atoms with van der Waals surface area (Å²) in [6.07, 6.45) is -0.120. The summed E-state index contributed by atoms with van der Waals surface area (Å²) in [4.78, 5) is 31.9. The van der Waals surface area contributed by atoms with Gasteiger partial charge in [0.05, 0.1) is 6.42 Å². The quantitative estimate of drug-likeness (QED) is 0.548. The normalized spacial score (nSPS) is 26.2. The van der Waals surface area contributed by atoms with Crippen LogP contribution < -0.4 is 0 Å². The molecule has 1 atom stereocenters. The highest BCUT2D eigenvalue weighted by Crippen LogP contribution is 2.11. The number of rotatable bonds is 1. The van der Waals surface area contributed by atoms with Gasteiger partial charge >= 0.3 is 22.3 Å². The Labute approximate surface area is 97.4 Å². The van der Waals surface area contributed by atoms with E-state index in [1.807, 2.05) is 0 Å². The molecule has 0 aliphatic carbocycles. The van der Waals surface area contributed by atoms with Gasteiger partial charge in [0.25, 0.3) is 0 Å². The highest BCUT2D eigenvalue weighted by atomic mass is 32.3. The Hall–Kier alpha value is -1.23. The molecule has 0 N–H and O–H groups in total. The minimum Gasteiger partial charge on any atom is -0.297 e. The van der Waals surface area contributed by atoms with Gasteiger partial charge in [0, 0.05) is 0 Å². The second-order valence-corrected chi connectivity index (χ2v) is 4.51. The van der Waals surface area contributed by atoms with Crippen LogP contribution in [0.5, 0.6) is 0 Å². The predicted molar refractivity (Wildman–Crippen MR) is 50.0 cm³/mol. The molecule has 0 amide bonds. The Morgan fingerprint density at radius 3 is 2.35 bits per heavy atom. The van der Waals surface area contributed by atoms with E-state index in [9.17, 15) is 18.0 Å². The van der Waals surface area contributed by atoms with Crippen LogP contribution in [0.4, 0.5) is 0 Å². The lowest BCUT2D eigenvalue weighted by atomic mass is 10.1. The molecule has 0 bridgehead atoms. The van der Waals surface area contributed by atoms with Gasteiger partial charge < -0.3 is 0 Å². The van der Waals surface area contributed by atoms with E-state index in [1.165, 1.54) is 4.90 Å². The summed E-state index contributed by atoms with van der Waals surface area (Å²) in [5.74, 6) is -1.88. The summed E-state index contributed by atoms with van der Waals surface area (Å²) in [6, 6.07) is -0.823. The van der Waals surface area contributed by atoms with Crippen molar-refractivity contribution in [2.75, 3.05) is 14.1 Å². The Morgan fingerprint density at radius 2 is 1.76 bits per heavy atom. The molecule has 1 fully saturated rings. The van der Waals surface area contributed by atoms with E-state index >= 15 is 0 Å². The lowest BCUT2D eigenvalue weighted by Gasteiger charge is -2.21. The van der Waals surface area contributed by atoms with Crippen LogP contribution in [-0.2, 0) is 38.4 Å². The molecule has 1 saturated heterocycles. The molecule has 1 aliphatic rings. The molecule has 0 aromatic rings. The number of hydrogen-bond acceptors (Lipinski definition) is 9. The van der Waals surface area contributed by atoms with Crippen LogP contribution in [-0.4, -0.2) is 45.4 Å². The summed E-state index contributed by atoms with van der Waals surface area (Å²) in [7, 11) is -1.57. The van der Waals surface area contributed by atoms with Gasteiger partial charge in [-0.2, -0.15) is 8.42 Å². The molecule has 0 saturated carbocycles. The minimum absolute atomic E-state index is 0.0808. The molecule has 0 spiro atoms. The molecule has 9 nitrogen and oxygen atoms in total. The molecular weight excluding hydrogens is 258 g/mol. The van der Waals surface area contributed by atoms with Crippen molar-refractivity contribution in [2.24, 2.45) is 0 Å². The van der Waals surface area contributed by atoms with E-state index in [1.54, 1.807) is 14.1 Å². The number of carbonyl (C=O) groups excluding carboxylic acids is 2. The number of hydrogen-bond donors (Lipinski definition) is 0. The van der Waals surface area contributed by atoms with E-state index in [-0.39, 0.29) is 12.8 Å². The van der Waals surface area contributed by atoms with Crippen molar-refractivity contribution in [1.29, 1.82) is 0 Å². The van der Waals surface area contributed by atoms with Crippen LogP contribution in [0.25, 0.3) is 0 Å². The van der Waals surface area contributed by atoms with Gasteiger partial charge in [-0.1, -0.05) is 0 Å². The van der Waals surface area contributed by atoms with Gasteiger partial charge in [0.1, 0.15) is 6.04 Å². The molecule has 1 heterocycles. The van der Waals surface area contributed by atoms with Gasteiger partial charge in [-0.05, 0) is 29.2 Å². The van der Waals surface area contributed by atoms with Crippen molar-refractivity contribution in [3.8, 4) is 0 Å². The second-order valence-electron chi connectivity index (χ2n) is 3.42. The Bertz CT molecular complexity index is 402. The summed E-state index contributed by atoms with van der Waals surface area (Å²) >= 11 is 0. The van der Waals surface area contributed by atoms with Gasteiger partial charge in [-0.15, -0.1) is 0 Å². The zero-order chi connectivity index (χ0) is 13.1. The van der Waals surface area contributed by atoms with Gasteiger partial charge in [0.2, 0.25) is 0 Å². The number of carbonyl (C=O) groups is 2. The molecule has 10 heteroatoms. The standard InChI is InChI=1S/C7H11NO8S/c1-8(2)5-3-4-6(9)13-15-17(11,12)16-14-7(5)10/h5H,3-4H2,1-2H3. The third-order valence-corrected chi connectivity index (χ3v) is 2.40. The molecule has 1 unspecified atom stereocenters. The van der Waals surface area contributed by atoms with E-state index < -0.39 is 28.4 Å². The topological polar surface area (TPSA) is 108 Å². The van der Waals surface area contributed by atoms with Crippen LogP contribution in [0.15, 0.2) is 0 Å². The van der Waals surface area contributed by atoms with E-state index in [0.717, 1.165) is 0 Å². The van der Waals surface area contributed by atoms with E-state index in [0.29, 0.717) is 0 Å². The van der Waals surface area contributed by atoms with Crippen LogP contribution in [0.1, 0.15) is 12.8 Å². The summed E-state index contributed by atoms with van der Waals surface area (Å²) in [6.45, 7) is 0. The molecular formula is C7H11NO8S. The van der Waals surface area contributed by atoms with Crippen molar-refractivity contribution in [3.63, 3.8) is 0 Å². The Kier molecular flexibility index (Phi) is 4.40. The molecule has 0 radical (unpaired) electrons. The van der Waals surface area contributed by atoms with Gasteiger partial charge in [-0.3, -0.25) is 14.7 Å². The molecule has 98 valence electrons. The highest BCUT2D eigenvalue weighted by molar-refractivity contribution is 7.81. The first kappa shape index (κ1) is 13.8. The largest absolute Gasteiger partial charge is 0.471 e. The van der Waals surface area contributed by atoms with Crippen LogP contribution in [0.3, 0.4) is 0 Å².